The molecule has 0 saturated heterocycles. The molecular weight excluding hydrogens is 374 g/mol. The minimum atomic E-state index is -1.58. The Bertz CT molecular complexity index is 957. The van der Waals surface area contributed by atoms with Crippen molar-refractivity contribution >= 4 is 0 Å². The number of nitrogens with zero attached hydrogens (tertiary/aromatic N) is 4. The summed E-state index contributed by atoms with van der Waals surface area (Å²) < 4.78 is 29.6. The molecule has 0 bridgehead atoms. The van der Waals surface area contributed by atoms with E-state index in [0.29, 0.717) is 12.6 Å². The molecule has 1 heterocycles. The molecule has 0 radical (unpaired) electrons. The molecule has 3 aromatic rings. The molecule has 1 aliphatic rings. The number of benzene rings is 2. The zero-order valence-corrected chi connectivity index (χ0v) is 16.3. The molecule has 0 spiro atoms. The van der Waals surface area contributed by atoms with Gasteiger partial charge in [0.25, 0.3) is 0 Å². The van der Waals surface area contributed by atoms with Crippen LogP contribution in [0.3, 0.4) is 0 Å². The molecule has 1 saturated carbocycles. The lowest BCUT2D eigenvalue weighted by Crippen LogP contribution is -2.45. The average Bonchev–Trinajstić information content (AvgIpc) is 3.41. The van der Waals surface area contributed by atoms with Crippen LogP contribution in [-0.2, 0) is 18.7 Å². The summed E-state index contributed by atoms with van der Waals surface area (Å²) in [5, 5.41) is 15.7. The third-order valence-electron chi connectivity index (χ3n) is 5.36. The Morgan fingerprint density at radius 2 is 1.93 bits per heavy atom. The summed E-state index contributed by atoms with van der Waals surface area (Å²) in [7, 11) is 0. The number of halogens is 2. The predicted octanol–water partition coefficient (Wildman–Crippen LogP) is 3.42. The maximum absolute atomic E-state index is 14.6. The van der Waals surface area contributed by atoms with Crippen molar-refractivity contribution in [2.75, 3.05) is 6.54 Å². The van der Waals surface area contributed by atoms with E-state index >= 15 is 0 Å². The Hall–Kier alpha value is -2.64. The van der Waals surface area contributed by atoms with Crippen LogP contribution >= 0.6 is 0 Å². The first-order valence-corrected chi connectivity index (χ1v) is 9.73. The zero-order chi connectivity index (χ0) is 20.4. The van der Waals surface area contributed by atoms with Gasteiger partial charge >= 0.3 is 0 Å². The zero-order valence-electron chi connectivity index (χ0n) is 16.3. The summed E-state index contributed by atoms with van der Waals surface area (Å²) in [5.74, 6) is -1.44. The fourth-order valence-corrected chi connectivity index (χ4v) is 3.69. The van der Waals surface area contributed by atoms with Gasteiger partial charge in [0.2, 0.25) is 0 Å². The van der Waals surface area contributed by atoms with Crippen LogP contribution in [0.5, 0.6) is 0 Å². The van der Waals surface area contributed by atoms with E-state index in [0.717, 1.165) is 24.5 Å². The summed E-state index contributed by atoms with van der Waals surface area (Å²) in [6.07, 6.45) is 4.93. The first kappa shape index (κ1) is 19.7. The summed E-state index contributed by atoms with van der Waals surface area (Å²) in [6.45, 7) is 2.91. The van der Waals surface area contributed by atoms with Gasteiger partial charge in [-0.15, -0.1) is 0 Å². The lowest BCUT2D eigenvalue weighted by atomic mass is 9.92. The molecule has 1 atom stereocenters. The fourth-order valence-electron chi connectivity index (χ4n) is 3.69. The van der Waals surface area contributed by atoms with Crippen LogP contribution in [-0.4, -0.2) is 37.4 Å². The maximum Gasteiger partial charge on any atom is 0.137 e. The monoisotopic (exact) mass is 398 g/mol. The van der Waals surface area contributed by atoms with Crippen LogP contribution in [0.15, 0.2) is 55.1 Å². The second kappa shape index (κ2) is 8.00. The van der Waals surface area contributed by atoms with Crippen LogP contribution in [0.1, 0.15) is 29.5 Å². The Labute approximate surface area is 168 Å². The first-order valence-electron chi connectivity index (χ1n) is 9.73. The SMILES string of the molecule is Cc1ccc(CN(CC(O)(Cn2cncn2)c2ccc(F)cc2F)C2CC2)cc1. The lowest BCUT2D eigenvalue weighted by molar-refractivity contribution is -0.0259. The molecule has 29 heavy (non-hydrogen) atoms. The van der Waals surface area contributed by atoms with Gasteiger partial charge in [0, 0.05) is 30.8 Å². The molecule has 5 nitrogen and oxygen atoms in total. The van der Waals surface area contributed by atoms with Crippen molar-refractivity contribution in [3.05, 3.63) is 83.4 Å². The van der Waals surface area contributed by atoms with E-state index in [1.807, 2.05) is 6.92 Å². The summed E-state index contributed by atoms with van der Waals surface area (Å²) in [6, 6.07) is 11.9. The molecule has 152 valence electrons. The summed E-state index contributed by atoms with van der Waals surface area (Å²) in [5.41, 5.74) is 0.788. The van der Waals surface area contributed by atoms with Crippen LogP contribution in [0, 0.1) is 18.6 Å². The van der Waals surface area contributed by atoms with Crippen LogP contribution < -0.4 is 0 Å². The highest BCUT2D eigenvalue weighted by Crippen LogP contribution is 2.34. The number of aromatic nitrogens is 3. The Morgan fingerprint density at radius 1 is 1.17 bits per heavy atom. The van der Waals surface area contributed by atoms with Gasteiger partial charge in [-0.25, -0.2) is 18.4 Å². The van der Waals surface area contributed by atoms with E-state index < -0.39 is 17.2 Å². The minimum absolute atomic E-state index is 0.0205. The lowest BCUT2D eigenvalue weighted by Gasteiger charge is -2.35. The molecule has 7 heteroatoms. The largest absolute Gasteiger partial charge is 0.382 e. The quantitative estimate of drug-likeness (QED) is 0.632. The van der Waals surface area contributed by atoms with Crippen molar-refractivity contribution in [2.24, 2.45) is 0 Å². The van der Waals surface area contributed by atoms with Gasteiger partial charge in [0.15, 0.2) is 0 Å². The van der Waals surface area contributed by atoms with Crippen LogP contribution in [0.4, 0.5) is 8.78 Å². The summed E-state index contributed by atoms with van der Waals surface area (Å²) >= 11 is 0. The number of hydrogen-bond donors (Lipinski definition) is 1. The normalized spacial score (nSPS) is 16.2. The average molecular weight is 398 g/mol. The van der Waals surface area contributed by atoms with E-state index in [4.69, 9.17) is 0 Å². The molecular formula is C22H24F2N4O. The number of rotatable bonds is 8. The minimum Gasteiger partial charge on any atom is -0.382 e. The smallest absolute Gasteiger partial charge is 0.137 e. The highest BCUT2D eigenvalue weighted by Gasteiger charge is 2.39. The molecule has 1 aliphatic carbocycles. The van der Waals surface area contributed by atoms with Gasteiger partial charge < -0.3 is 5.11 Å². The third kappa shape index (κ3) is 4.68. The van der Waals surface area contributed by atoms with Crippen molar-refractivity contribution in [3.63, 3.8) is 0 Å². The molecule has 1 N–H and O–H groups in total. The molecule has 1 aromatic heterocycles. The second-order valence-corrected chi connectivity index (χ2v) is 7.87. The molecule has 1 fully saturated rings. The van der Waals surface area contributed by atoms with Crippen molar-refractivity contribution in [2.45, 2.75) is 44.5 Å². The summed E-state index contributed by atoms with van der Waals surface area (Å²) in [4.78, 5) is 6.08. The molecule has 0 aliphatic heterocycles. The molecule has 0 amide bonds. The van der Waals surface area contributed by atoms with Gasteiger partial charge in [-0.1, -0.05) is 35.9 Å². The van der Waals surface area contributed by atoms with Crippen LogP contribution in [0.2, 0.25) is 0 Å². The predicted molar refractivity (Wildman–Crippen MR) is 105 cm³/mol. The standard InChI is InChI=1S/C22H24F2N4O/c1-16-2-4-17(5-3-16)11-27(19-7-8-19)12-22(29,13-28-15-25-14-26-28)20-9-6-18(23)10-21(20)24/h2-6,9-10,14-15,19,29H,7-8,11-13H2,1H3. The molecule has 4 rings (SSSR count). The Kier molecular flexibility index (Phi) is 5.43. The van der Waals surface area contributed by atoms with E-state index in [9.17, 15) is 13.9 Å². The number of aliphatic hydroxyl groups is 1. The van der Waals surface area contributed by atoms with Crippen LogP contribution in [0.25, 0.3) is 0 Å². The fraction of sp³-hybridized carbons (Fsp3) is 0.364. The van der Waals surface area contributed by atoms with Crippen molar-refractivity contribution in [3.8, 4) is 0 Å². The topological polar surface area (TPSA) is 54.2 Å². The van der Waals surface area contributed by atoms with Crippen molar-refractivity contribution in [1.82, 2.24) is 19.7 Å². The number of aryl methyl sites for hydroxylation is 1. The third-order valence-corrected chi connectivity index (χ3v) is 5.36. The van der Waals surface area contributed by atoms with Gasteiger partial charge in [-0.2, -0.15) is 5.10 Å². The van der Waals surface area contributed by atoms with Gasteiger partial charge in [-0.05, 0) is 31.4 Å². The maximum atomic E-state index is 14.6. The van der Waals surface area contributed by atoms with Gasteiger partial charge in [-0.3, -0.25) is 4.90 Å². The second-order valence-electron chi connectivity index (χ2n) is 7.87. The Morgan fingerprint density at radius 3 is 2.55 bits per heavy atom. The highest BCUT2D eigenvalue weighted by atomic mass is 19.1. The Balaban J connectivity index is 1.64. The molecule has 2 aromatic carbocycles. The highest BCUT2D eigenvalue weighted by molar-refractivity contribution is 5.26. The van der Waals surface area contributed by atoms with Gasteiger partial charge in [0.1, 0.15) is 29.9 Å². The van der Waals surface area contributed by atoms with E-state index in [-0.39, 0.29) is 18.7 Å². The number of hydrogen-bond acceptors (Lipinski definition) is 4. The van der Waals surface area contributed by atoms with Crippen molar-refractivity contribution < 1.29 is 13.9 Å². The van der Waals surface area contributed by atoms with E-state index in [1.54, 1.807) is 0 Å². The first-order chi connectivity index (χ1) is 13.9. The van der Waals surface area contributed by atoms with Crippen molar-refractivity contribution in [1.29, 1.82) is 0 Å². The van der Waals surface area contributed by atoms with E-state index in [2.05, 4.69) is 39.2 Å². The van der Waals surface area contributed by atoms with Gasteiger partial charge in [0.05, 0.1) is 6.54 Å². The van der Waals surface area contributed by atoms with E-state index in [1.165, 1.54) is 35.0 Å². The molecule has 1 unspecified atom stereocenters.